The fourth-order valence-corrected chi connectivity index (χ4v) is 1.56. The normalized spacial score (nSPS) is 10.4. The number of rotatable bonds is 5. The van der Waals surface area contributed by atoms with Crippen LogP contribution in [0.4, 0.5) is 0 Å². The zero-order valence-electron chi connectivity index (χ0n) is 10.3. The van der Waals surface area contributed by atoms with Crippen LogP contribution in [0.5, 0.6) is 11.5 Å². The predicted octanol–water partition coefficient (Wildman–Crippen LogP) is 0.256. The van der Waals surface area contributed by atoms with E-state index >= 15 is 0 Å². The molecule has 0 aliphatic carbocycles. The monoisotopic (exact) mass is 249 g/mol. The Kier molecular flexibility index (Phi) is 3.73. The lowest BCUT2D eigenvalue weighted by molar-refractivity contribution is 0.273. The van der Waals surface area contributed by atoms with Crippen LogP contribution >= 0.6 is 0 Å². The lowest BCUT2D eigenvalue weighted by atomic mass is 10.2. The molecule has 18 heavy (non-hydrogen) atoms. The highest BCUT2D eigenvalue weighted by Crippen LogP contribution is 2.31. The molecule has 7 nitrogen and oxygen atoms in total. The van der Waals surface area contributed by atoms with Gasteiger partial charge in [0.1, 0.15) is 0 Å². The smallest absolute Gasteiger partial charge is 0.212 e. The second-order valence-corrected chi connectivity index (χ2v) is 3.64. The number of nitrogens with zero attached hydrogens (tertiary/aromatic N) is 4. The van der Waals surface area contributed by atoms with Crippen molar-refractivity contribution in [3.63, 3.8) is 0 Å². The molecule has 2 rings (SSSR count). The van der Waals surface area contributed by atoms with E-state index in [2.05, 4.69) is 15.4 Å². The molecule has 7 heteroatoms. The van der Waals surface area contributed by atoms with Crippen molar-refractivity contribution in [1.29, 1.82) is 0 Å². The Balaban J connectivity index is 2.17. The summed E-state index contributed by atoms with van der Waals surface area (Å²) in [6, 6.07) is 5.58. The SMILES string of the molecule is COc1cccc(CN)c1OCc1nnn(C)n1. The van der Waals surface area contributed by atoms with Gasteiger partial charge >= 0.3 is 0 Å². The molecule has 0 aliphatic heterocycles. The molecule has 1 aromatic heterocycles. The van der Waals surface area contributed by atoms with Gasteiger partial charge in [0.05, 0.1) is 14.2 Å². The Morgan fingerprint density at radius 3 is 2.83 bits per heavy atom. The van der Waals surface area contributed by atoms with Gasteiger partial charge in [0, 0.05) is 12.1 Å². The molecule has 96 valence electrons. The van der Waals surface area contributed by atoms with Gasteiger partial charge in [-0.15, -0.1) is 10.2 Å². The summed E-state index contributed by atoms with van der Waals surface area (Å²) in [5.74, 6) is 1.77. The minimum atomic E-state index is 0.223. The van der Waals surface area contributed by atoms with Crippen LogP contribution in [-0.2, 0) is 20.2 Å². The Morgan fingerprint density at radius 2 is 2.22 bits per heavy atom. The van der Waals surface area contributed by atoms with Gasteiger partial charge < -0.3 is 15.2 Å². The van der Waals surface area contributed by atoms with Crippen molar-refractivity contribution in [2.75, 3.05) is 7.11 Å². The van der Waals surface area contributed by atoms with Crippen molar-refractivity contribution in [3.8, 4) is 11.5 Å². The number of ether oxygens (including phenoxy) is 2. The molecule has 1 heterocycles. The quantitative estimate of drug-likeness (QED) is 0.817. The Hall–Kier alpha value is -2.15. The van der Waals surface area contributed by atoms with Crippen LogP contribution in [0.25, 0.3) is 0 Å². The first kappa shape index (κ1) is 12.3. The highest BCUT2D eigenvalue weighted by atomic mass is 16.5. The van der Waals surface area contributed by atoms with E-state index in [1.54, 1.807) is 14.2 Å². The van der Waals surface area contributed by atoms with Gasteiger partial charge in [-0.05, 0) is 11.3 Å². The predicted molar refractivity (Wildman–Crippen MR) is 64.0 cm³/mol. The summed E-state index contributed by atoms with van der Waals surface area (Å²) in [4.78, 5) is 1.38. The molecular formula is C11H15N5O2. The number of nitrogens with two attached hydrogens (primary N) is 1. The number of para-hydroxylation sites is 1. The van der Waals surface area contributed by atoms with E-state index in [0.717, 1.165) is 5.56 Å². The van der Waals surface area contributed by atoms with Gasteiger partial charge in [-0.25, -0.2) is 0 Å². The van der Waals surface area contributed by atoms with E-state index < -0.39 is 0 Å². The first-order chi connectivity index (χ1) is 8.74. The van der Waals surface area contributed by atoms with Crippen LogP contribution in [0.2, 0.25) is 0 Å². The number of hydrogen-bond acceptors (Lipinski definition) is 6. The van der Waals surface area contributed by atoms with Crippen molar-refractivity contribution < 1.29 is 9.47 Å². The summed E-state index contributed by atoms with van der Waals surface area (Å²) in [6.45, 7) is 0.599. The van der Waals surface area contributed by atoms with Crippen LogP contribution in [0.1, 0.15) is 11.4 Å². The molecule has 0 aliphatic rings. The van der Waals surface area contributed by atoms with Crippen molar-refractivity contribution >= 4 is 0 Å². The number of aromatic nitrogens is 4. The van der Waals surface area contributed by atoms with Crippen LogP contribution in [-0.4, -0.2) is 27.3 Å². The fraction of sp³-hybridized carbons (Fsp3) is 0.364. The van der Waals surface area contributed by atoms with Gasteiger partial charge in [-0.2, -0.15) is 4.80 Å². The number of tetrazole rings is 1. The van der Waals surface area contributed by atoms with Gasteiger partial charge in [0.15, 0.2) is 18.1 Å². The topological polar surface area (TPSA) is 88.1 Å². The summed E-state index contributed by atoms with van der Waals surface area (Å²) in [5, 5.41) is 11.6. The largest absolute Gasteiger partial charge is 0.493 e. The molecule has 0 saturated carbocycles. The summed E-state index contributed by atoms with van der Waals surface area (Å²) >= 11 is 0. The van der Waals surface area contributed by atoms with Gasteiger partial charge in [0.25, 0.3) is 0 Å². The third-order valence-electron chi connectivity index (χ3n) is 2.40. The standard InChI is InChI=1S/C11H15N5O2/c1-16-14-10(13-15-16)7-18-11-8(6-12)4-3-5-9(11)17-2/h3-5H,6-7,12H2,1-2H3. The minimum Gasteiger partial charge on any atom is -0.493 e. The van der Waals surface area contributed by atoms with E-state index in [0.29, 0.717) is 23.9 Å². The second-order valence-electron chi connectivity index (χ2n) is 3.64. The number of aryl methyl sites for hydroxylation is 1. The third kappa shape index (κ3) is 2.57. The van der Waals surface area contributed by atoms with E-state index in [-0.39, 0.29) is 6.61 Å². The molecule has 2 aromatic rings. The van der Waals surface area contributed by atoms with Gasteiger partial charge in [-0.1, -0.05) is 12.1 Å². The van der Waals surface area contributed by atoms with Crippen LogP contribution in [0.15, 0.2) is 18.2 Å². The average molecular weight is 249 g/mol. The molecule has 0 unspecified atom stereocenters. The van der Waals surface area contributed by atoms with E-state index in [4.69, 9.17) is 15.2 Å². The number of methoxy groups -OCH3 is 1. The Morgan fingerprint density at radius 1 is 1.39 bits per heavy atom. The zero-order chi connectivity index (χ0) is 13.0. The molecule has 0 radical (unpaired) electrons. The number of benzene rings is 1. The summed E-state index contributed by atoms with van der Waals surface area (Å²) in [6.07, 6.45) is 0. The third-order valence-corrected chi connectivity index (χ3v) is 2.40. The fourth-order valence-electron chi connectivity index (χ4n) is 1.56. The minimum absolute atomic E-state index is 0.223. The molecule has 0 spiro atoms. The number of hydrogen-bond donors (Lipinski definition) is 1. The molecule has 0 amide bonds. The molecule has 2 N–H and O–H groups in total. The summed E-state index contributed by atoms with van der Waals surface area (Å²) in [5.41, 5.74) is 6.54. The lowest BCUT2D eigenvalue weighted by Gasteiger charge is -2.12. The van der Waals surface area contributed by atoms with Crippen LogP contribution < -0.4 is 15.2 Å². The van der Waals surface area contributed by atoms with Gasteiger partial charge in [-0.3, -0.25) is 0 Å². The van der Waals surface area contributed by atoms with Crippen molar-refractivity contribution in [3.05, 3.63) is 29.6 Å². The zero-order valence-corrected chi connectivity index (χ0v) is 10.3. The highest BCUT2D eigenvalue weighted by Gasteiger charge is 2.11. The molecule has 0 fully saturated rings. The molecule has 0 bridgehead atoms. The van der Waals surface area contributed by atoms with Gasteiger partial charge in [0.2, 0.25) is 5.82 Å². The van der Waals surface area contributed by atoms with Crippen LogP contribution in [0.3, 0.4) is 0 Å². The average Bonchev–Trinajstić information content (AvgIpc) is 2.81. The van der Waals surface area contributed by atoms with Crippen molar-refractivity contribution in [1.82, 2.24) is 20.2 Å². The highest BCUT2D eigenvalue weighted by molar-refractivity contribution is 5.46. The summed E-state index contributed by atoms with van der Waals surface area (Å²) in [7, 11) is 3.29. The van der Waals surface area contributed by atoms with E-state index in [9.17, 15) is 0 Å². The first-order valence-electron chi connectivity index (χ1n) is 5.46. The molecule has 0 atom stereocenters. The van der Waals surface area contributed by atoms with Crippen LogP contribution in [0, 0.1) is 0 Å². The van der Waals surface area contributed by atoms with Crippen molar-refractivity contribution in [2.24, 2.45) is 12.8 Å². The molecule has 1 aromatic carbocycles. The van der Waals surface area contributed by atoms with E-state index in [1.807, 2.05) is 18.2 Å². The van der Waals surface area contributed by atoms with E-state index in [1.165, 1.54) is 4.80 Å². The second kappa shape index (κ2) is 5.46. The first-order valence-corrected chi connectivity index (χ1v) is 5.46. The maximum atomic E-state index is 5.67. The molecule has 0 saturated heterocycles. The maximum Gasteiger partial charge on any atom is 0.212 e. The Bertz CT molecular complexity index is 504. The maximum absolute atomic E-state index is 5.67. The van der Waals surface area contributed by atoms with Crippen molar-refractivity contribution in [2.45, 2.75) is 13.2 Å². The molecular weight excluding hydrogens is 234 g/mol. The summed E-state index contributed by atoms with van der Waals surface area (Å²) < 4.78 is 10.9. The lowest BCUT2D eigenvalue weighted by Crippen LogP contribution is -2.05. The Labute approximate surface area is 104 Å².